The SMILES string of the molecule is O=CN(c1cc(C2=CC3CCC(C2)N3C(=O)CC(F)(F)F)c2cc[nH]c2n1)C1CC1. The van der Waals surface area contributed by atoms with E-state index in [0.717, 1.165) is 35.8 Å². The molecule has 2 aromatic heterocycles. The zero-order chi connectivity index (χ0) is 21.0. The molecule has 6 nitrogen and oxygen atoms in total. The monoisotopic (exact) mass is 418 g/mol. The van der Waals surface area contributed by atoms with Gasteiger partial charge in [0.15, 0.2) is 0 Å². The molecule has 3 aliphatic rings. The number of anilines is 1. The summed E-state index contributed by atoms with van der Waals surface area (Å²) >= 11 is 0. The molecule has 2 amide bonds. The summed E-state index contributed by atoms with van der Waals surface area (Å²) in [7, 11) is 0. The van der Waals surface area contributed by atoms with Crippen molar-refractivity contribution in [1.29, 1.82) is 0 Å². The Kier molecular flexibility index (Phi) is 4.37. The van der Waals surface area contributed by atoms with Crippen molar-refractivity contribution in [2.24, 2.45) is 0 Å². The van der Waals surface area contributed by atoms with E-state index in [0.29, 0.717) is 30.7 Å². The lowest BCUT2D eigenvalue weighted by Crippen LogP contribution is -2.44. The number of amides is 2. The van der Waals surface area contributed by atoms with Crippen LogP contribution in [0, 0.1) is 0 Å². The van der Waals surface area contributed by atoms with Crippen LogP contribution in [0.2, 0.25) is 0 Å². The molecule has 1 saturated carbocycles. The largest absolute Gasteiger partial charge is 0.397 e. The minimum atomic E-state index is -4.50. The molecule has 0 aromatic carbocycles. The lowest BCUT2D eigenvalue weighted by atomic mass is 9.93. The number of H-pyrrole nitrogens is 1. The van der Waals surface area contributed by atoms with Crippen molar-refractivity contribution in [2.45, 2.75) is 62.8 Å². The summed E-state index contributed by atoms with van der Waals surface area (Å²) in [5, 5.41) is 0.904. The lowest BCUT2D eigenvalue weighted by molar-refractivity contribution is -0.163. The van der Waals surface area contributed by atoms with Crippen molar-refractivity contribution in [1.82, 2.24) is 14.9 Å². The number of pyridine rings is 1. The second kappa shape index (κ2) is 6.85. The fourth-order valence-electron chi connectivity index (χ4n) is 4.78. The van der Waals surface area contributed by atoms with Gasteiger partial charge in [0, 0.05) is 23.7 Å². The van der Waals surface area contributed by atoms with Crippen molar-refractivity contribution in [3.63, 3.8) is 0 Å². The summed E-state index contributed by atoms with van der Waals surface area (Å²) < 4.78 is 38.2. The third-order valence-electron chi connectivity index (χ3n) is 6.21. The Balaban J connectivity index is 1.50. The quantitative estimate of drug-likeness (QED) is 0.752. The molecule has 2 fully saturated rings. The number of fused-ring (bicyclic) bond motifs is 3. The minimum absolute atomic E-state index is 0.169. The first kappa shape index (κ1) is 19.1. The first-order valence-electron chi connectivity index (χ1n) is 10.1. The zero-order valence-corrected chi connectivity index (χ0v) is 16.2. The van der Waals surface area contributed by atoms with Crippen LogP contribution in [0.3, 0.4) is 0 Å². The van der Waals surface area contributed by atoms with Gasteiger partial charge in [0.2, 0.25) is 12.3 Å². The normalized spacial score (nSPS) is 23.6. The number of alkyl halides is 3. The number of hydrogen-bond donors (Lipinski definition) is 1. The Labute approximate surface area is 170 Å². The number of aromatic nitrogens is 2. The van der Waals surface area contributed by atoms with Crippen LogP contribution >= 0.6 is 0 Å². The van der Waals surface area contributed by atoms with Gasteiger partial charge in [-0.2, -0.15) is 13.2 Å². The zero-order valence-electron chi connectivity index (χ0n) is 16.2. The van der Waals surface area contributed by atoms with Gasteiger partial charge in [-0.3, -0.25) is 14.5 Å². The molecule has 1 saturated heterocycles. The first-order valence-corrected chi connectivity index (χ1v) is 10.1. The minimum Gasteiger partial charge on any atom is -0.346 e. The van der Waals surface area contributed by atoms with Gasteiger partial charge in [-0.15, -0.1) is 0 Å². The molecule has 9 heteroatoms. The van der Waals surface area contributed by atoms with Crippen LogP contribution in [0.5, 0.6) is 0 Å². The highest BCUT2D eigenvalue weighted by atomic mass is 19.4. The number of carbonyl (C=O) groups excluding carboxylic acids is 2. The average Bonchev–Trinajstić information content (AvgIpc) is 3.32. The predicted octanol–water partition coefficient (Wildman–Crippen LogP) is 3.79. The number of nitrogens with zero attached hydrogens (tertiary/aromatic N) is 3. The van der Waals surface area contributed by atoms with Gasteiger partial charge in [-0.25, -0.2) is 4.98 Å². The molecule has 2 bridgehead atoms. The Morgan fingerprint density at radius 2 is 2.10 bits per heavy atom. The van der Waals surface area contributed by atoms with Crippen LogP contribution < -0.4 is 4.90 Å². The van der Waals surface area contributed by atoms with Gasteiger partial charge >= 0.3 is 6.18 Å². The third kappa shape index (κ3) is 3.36. The number of carbonyl (C=O) groups is 2. The van der Waals surface area contributed by atoms with Crippen LogP contribution in [0.25, 0.3) is 16.6 Å². The van der Waals surface area contributed by atoms with Crippen molar-refractivity contribution in [3.05, 3.63) is 30.0 Å². The first-order chi connectivity index (χ1) is 14.3. The summed E-state index contributed by atoms with van der Waals surface area (Å²) in [5.74, 6) is -0.283. The molecule has 2 atom stereocenters. The third-order valence-corrected chi connectivity index (χ3v) is 6.21. The Hall–Kier alpha value is -2.84. The number of nitrogens with one attached hydrogen (secondary N) is 1. The maximum Gasteiger partial charge on any atom is 0.397 e. The molecule has 2 aliphatic heterocycles. The van der Waals surface area contributed by atoms with Gasteiger partial charge in [-0.1, -0.05) is 6.08 Å². The van der Waals surface area contributed by atoms with E-state index < -0.39 is 18.5 Å². The van der Waals surface area contributed by atoms with Gasteiger partial charge in [-0.05, 0) is 55.4 Å². The highest BCUT2D eigenvalue weighted by Gasteiger charge is 2.43. The molecular weight excluding hydrogens is 397 g/mol. The second-order valence-corrected chi connectivity index (χ2v) is 8.30. The van der Waals surface area contributed by atoms with E-state index in [1.54, 1.807) is 11.1 Å². The molecule has 2 unspecified atom stereocenters. The summed E-state index contributed by atoms with van der Waals surface area (Å²) in [4.78, 5) is 34.6. The molecule has 4 heterocycles. The molecule has 0 spiro atoms. The van der Waals surface area contributed by atoms with Crippen LogP contribution in [0.4, 0.5) is 19.0 Å². The summed E-state index contributed by atoms with van der Waals surface area (Å²) in [6.07, 6.45) is 2.32. The molecule has 158 valence electrons. The molecule has 1 aliphatic carbocycles. The number of aromatic amines is 1. The number of rotatable bonds is 5. The predicted molar refractivity (Wildman–Crippen MR) is 105 cm³/mol. The van der Waals surface area contributed by atoms with E-state index in [1.807, 2.05) is 18.2 Å². The van der Waals surface area contributed by atoms with Crippen LogP contribution in [0.1, 0.15) is 44.1 Å². The van der Waals surface area contributed by atoms with Crippen molar-refractivity contribution in [2.75, 3.05) is 4.90 Å². The number of halogens is 3. The Morgan fingerprint density at radius 3 is 2.77 bits per heavy atom. The van der Waals surface area contributed by atoms with Crippen LogP contribution in [-0.4, -0.2) is 51.5 Å². The van der Waals surface area contributed by atoms with Crippen molar-refractivity contribution in [3.8, 4) is 0 Å². The van der Waals surface area contributed by atoms with Crippen molar-refractivity contribution < 1.29 is 22.8 Å². The molecule has 0 radical (unpaired) electrons. The lowest BCUT2D eigenvalue weighted by Gasteiger charge is -2.34. The van der Waals surface area contributed by atoms with Crippen LogP contribution in [-0.2, 0) is 9.59 Å². The van der Waals surface area contributed by atoms with E-state index in [2.05, 4.69) is 9.97 Å². The van der Waals surface area contributed by atoms with Gasteiger partial charge in [0.1, 0.15) is 17.9 Å². The van der Waals surface area contributed by atoms with Gasteiger partial charge in [0.25, 0.3) is 0 Å². The Morgan fingerprint density at radius 1 is 1.30 bits per heavy atom. The molecule has 1 N–H and O–H groups in total. The highest BCUT2D eigenvalue weighted by molar-refractivity contribution is 5.94. The summed E-state index contributed by atoms with van der Waals surface area (Å²) in [5.41, 5.74) is 2.58. The summed E-state index contributed by atoms with van der Waals surface area (Å²) in [6.45, 7) is 0. The standard InChI is InChI=1S/C21H21F3N4O2/c22-21(23,24)10-19(30)28-14-3-4-15(28)8-12(7-14)17-9-18(27(11-29)13-1-2-13)26-20-16(17)5-6-25-20/h5-7,9,11,13-15H,1-4,8,10H2,(H,25,26). The topological polar surface area (TPSA) is 69.3 Å². The summed E-state index contributed by atoms with van der Waals surface area (Å²) in [6, 6.07) is 3.41. The fourth-order valence-corrected chi connectivity index (χ4v) is 4.78. The smallest absolute Gasteiger partial charge is 0.346 e. The highest BCUT2D eigenvalue weighted by Crippen LogP contribution is 2.42. The van der Waals surface area contributed by atoms with E-state index in [-0.39, 0.29) is 18.1 Å². The van der Waals surface area contributed by atoms with Crippen LogP contribution in [0.15, 0.2) is 24.4 Å². The maximum atomic E-state index is 12.7. The van der Waals surface area contributed by atoms with Crippen molar-refractivity contribution >= 4 is 34.7 Å². The molecular formula is C21H21F3N4O2. The van der Waals surface area contributed by atoms with E-state index in [4.69, 9.17) is 0 Å². The Bertz CT molecular complexity index is 1040. The van der Waals surface area contributed by atoms with E-state index in [1.165, 1.54) is 4.90 Å². The fraction of sp³-hybridized carbons (Fsp3) is 0.476. The van der Waals surface area contributed by atoms with Gasteiger partial charge < -0.3 is 9.88 Å². The van der Waals surface area contributed by atoms with E-state index >= 15 is 0 Å². The molecule has 5 rings (SSSR count). The van der Waals surface area contributed by atoms with Gasteiger partial charge in [0.05, 0.1) is 6.04 Å². The second-order valence-electron chi connectivity index (χ2n) is 8.30. The molecule has 30 heavy (non-hydrogen) atoms. The average molecular weight is 418 g/mol. The van der Waals surface area contributed by atoms with E-state index in [9.17, 15) is 22.8 Å². The molecule has 2 aromatic rings. The maximum absolute atomic E-state index is 12.7. The number of hydrogen-bond acceptors (Lipinski definition) is 3.